The number of sulfonamides is 1. The van der Waals surface area contributed by atoms with Gasteiger partial charge in [-0.25, -0.2) is 13.1 Å². The van der Waals surface area contributed by atoms with E-state index in [9.17, 15) is 8.42 Å². The average Bonchev–Trinajstić information content (AvgIpc) is 3.23. The quantitative estimate of drug-likeness (QED) is 0.773. The molecule has 0 spiro atoms. The van der Waals surface area contributed by atoms with Gasteiger partial charge in [0.05, 0.1) is 17.2 Å². The fourth-order valence-electron chi connectivity index (χ4n) is 3.49. The van der Waals surface area contributed by atoms with E-state index in [1.165, 1.54) is 12.1 Å². The van der Waals surface area contributed by atoms with E-state index in [4.69, 9.17) is 13.9 Å². The van der Waals surface area contributed by atoms with E-state index in [1.807, 2.05) is 12.1 Å². The molecule has 8 nitrogen and oxygen atoms in total. The summed E-state index contributed by atoms with van der Waals surface area (Å²) in [5, 5.41) is 0. The molecule has 28 heavy (non-hydrogen) atoms. The molecule has 0 bridgehead atoms. The molecule has 1 aromatic carbocycles. The molecule has 2 aromatic rings. The number of piperazine rings is 1. The number of nitrogens with zero attached hydrogens (tertiary/aromatic N) is 2. The van der Waals surface area contributed by atoms with Crippen LogP contribution >= 0.6 is 0 Å². The van der Waals surface area contributed by atoms with Crippen LogP contribution in [0.1, 0.15) is 11.8 Å². The van der Waals surface area contributed by atoms with Crippen LogP contribution in [0.25, 0.3) is 0 Å². The Bertz CT molecular complexity index is 892. The Kier molecular flexibility index (Phi) is 5.58. The van der Waals surface area contributed by atoms with E-state index in [1.54, 1.807) is 12.3 Å². The van der Waals surface area contributed by atoms with Gasteiger partial charge < -0.3 is 18.8 Å². The zero-order valence-corrected chi connectivity index (χ0v) is 16.7. The third-order valence-electron chi connectivity index (χ3n) is 5.14. The van der Waals surface area contributed by atoms with Crippen LogP contribution in [0.2, 0.25) is 0 Å². The summed E-state index contributed by atoms with van der Waals surface area (Å²) in [7, 11) is -1.61. The third-order valence-corrected chi connectivity index (χ3v) is 6.56. The van der Waals surface area contributed by atoms with E-state index < -0.39 is 10.0 Å². The first-order valence-electron chi connectivity index (χ1n) is 9.38. The predicted octanol–water partition coefficient (Wildman–Crippen LogP) is 1.32. The Labute approximate surface area is 165 Å². The summed E-state index contributed by atoms with van der Waals surface area (Å²) < 4.78 is 45.0. The van der Waals surface area contributed by atoms with Gasteiger partial charge >= 0.3 is 0 Å². The Morgan fingerprint density at radius 2 is 1.82 bits per heavy atom. The SMILES string of the molecule is CN1CCN(C(CNS(=O)(=O)c2ccc3c(c2)OCCO3)c2ccco2)CC1. The molecule has 152 valence electrons. The van der Waals surface area contributed by atoms with Crippen molar-refractivity contribution in [3.05, 3.63) is 42.4 Å². The molecule has 1 aromatic heterocycles. The number of rotatable bonds is 6. The molecule has 1 N–H and O–H groups in total. The zero-order chi connectivity index (χ0) is 19.6. The van der Waals surface area contributed by atoms with Crippen molar-refractivity contribution in [1.29, 1.82) is 0 Å². The summed E-state index contributed by atoms with van der Waals surface area (Å²) in [6.45, 7) is 4.69. The third kappa shape index (κ3) is 4.17. The topological polar surface area (TPSA) is 84.2 Å². The first kappa shape index (κ1) is 19.3. The lowest BCUT2D eigenvalue weighted by molar-refractivity contribution is 0.102. The molecular formula is C19H25N3O5S. The summed E-state index contributed by atoms with van der Waals surface area (Å²) in [5.41, 5.74) is 0. The second-order valence-corrected chi connectivity index (χ2v) is 8.79. The molecule has 1 unspecified atom stereocenters. The van der Waals surface area contributed by atoms with Crippen molar-refractivity contribution in [3.8, 4) is 11.5 Å². The van der Waals surface area contributed by atoms with Crippen molar-refractivity contribution in [2.75, 3.05) is 53.0 Å². The van der Waals surface area contributed by atoms with E-state index in [0.717, 1.165) is 31.9 Å². The highest BCUT2D eigenvalue weighted by molar-refractivity contribution is 7.89. The maximum atomic E-state index is 12.9. The van der Waals surface area contributed by atoms with Crippen molar-refractivity contribution in [2.24, 2.45) is 0 Å². The number of furan rings is 1. The van der Waals surface area contributed by atoms with Gasteiger partial charge in [0.25, 0.3) is 0 Å². The number of benzene rings is 1. The monoisotopic (exact) mass is 407 g/mol. The van der Waals surface area contributed by atoms with Crippen LogP contribution < -0.4 is 14.2 Å². The fraction of sp³-hybridized carbons (Fsp3) is 0.474. The highest BCUT2D eigenvalue weighted by Gasteiger charge is 2.28. The van der Waals surface area contributed by atoms with Gasteiger partial charge in [0.1, 0.15) is 19.0 Å². The molecule has 1 saturated heterocycles. The fourth-order valence-corrected chi connectivity index (χ4v) is 4.54. The van der Waals surface area contributed by atoms with Gasteiger partial charge in [0.2, 0.25) is 10.0 Å². The number of fused-ring (bicyclic) bond motifs is 1. The maximum absolute atomic E-state index is 12.9. The summed E-state index contributed by atoms with van der Waals surface area (Å²) >= 11 is 0. The van der Waals surface area contributed by atoms with E-state index >= 15 is 0 Å². The standard InChI is InChI=1S/C19H25N3O5S/c1-21-6-8-22(9-7-21)16(17-3-2-10-25-17)14-20-28(23,24)15-4-5-18-19(13-15)27-12-11-26-18/h2-5,10,13,16,20H,6-9,11-12,14H2,1H3. The van der Waals surface area contributed by atoms with Crippen LogP contribution in [0.5, 0.6) is 11.5 Å². The van der Waals surface area contributed by atoms with Gasteiger partial charge in [-0.05, 0) is 31.3 Å². The highest BCUT2D eigenvalue weighted by Crippen LogP contribution is 2.32. The zero-order valence-electron chi connectivity index (χ0n) is 15.8. The average molecular weight is 407 g/mol. The largest absolute Gasteiger partial charge is 0.486 e. The lowest BCUT2D eigenvalue weighted by Crippen LogP contribution is -2.48. The molecule has 1 fully saturated rings. The van der Waals surface area contributed by atoms with Crippen LogP contribution in [-0.4, -0.2) is 71.2 Å². The van der Waals surface area contributed by atoms with Gasteiger partial charge in [-0.2, -0.15) is 0 Å². The summed E-state index contributed by atoms with van der Waals surface area (Å²) in [6, 6.07) is 8.24. The minimum Gasteiger partial charge on any atom is -0.486 e. The van der Waals surface area contributed by atoms with Crippen LogP contribution in [0.15, 0.2) is 45.9 Å². The van der Waals surface area contributed by atoms with Crippen LogP contribution in [-0.2, 0) is 10.0 Å². The van der Waals surface area contributed by atoms with E-state index in [2.05, 4.69) is 21.6 Å². The van der Waals surface area contributed by atoms with E-state index in [0.29, 0.717) is 24.7 Å². The Hall–Kier alpha value is -2.07. The molecule has 3 heterocycles. The van der Waals surface area contributed by atoms with Crippen molar-refractivity contribution < 1.29 is 22.3 Å². The van der Waals surface area contributed by atoms with Gasteiger partial charge in [-0.15, -0.1) is 0 Å². The molecule has 2 aliphatic rings. The normalized spacial score (nSPS) is 19.5. The van der Waals surface area contributed by atoms with Crippen molar-refractivity contribution in [2.45, 2.75) is 10.9 Å². The van der Waals surface area contributed by atoms with Gasteiger partial charge in [0, 0.05) is 38.8 Å². The number of hydrogen-bond donors (Lipinski definition) is 1. The first-order valence-corrected chi connectivity index (χ1v) is 10.9. The lowest BCUT2D eigenvalue weighted by Gasteiger charge is -2.37. The second kappa shape index (κ2) is 8.12. The number of likely N-dealkylation sites (N-methyl/N-ethyl adjacent to an activating group) is 1. The molecule has 0 radical (unpaired) electrons. The van der Waals surface area contributed by atoms with Gasteiger partial charge in [-0.1, -0.05) is 0 Å². The Morgan fingerprint density at radius 3 is 2.54 bits per heavy atom. The molecule has 0 aliphatic carbocycles. The minimum atomic E-state index is -3.69. The van der Waals surface area contributed by atoms with E-state index in [-0.39, 0.29) is 17.5 Å². The number of hydrogen-bond acceptors (Lipinski definition) is 7. The molecule has 4 rings (SSSR count). The Morgan fingerprint density at radius 1 is 1.07 bits per heavy atom. The van der Waals surface area contributed by atoms with Crippen molar-refractivity contribution >= 4 is 10.0 Å². The highest BCUT2D eigenvalue weighted by atomic mass is 32.2. The van der Waals surface area contributed by atoms with Crippen molar-refractivity contribution in [3.63, 3.8) is 0 Å². The van der Waals surface area contributed by atoms with Gasteiger partial charge in [0.15, 0.2) is 11.5 Å². The first-order chi connectivity index (χ1) is 13.5. The molecule has 0 saturated carbocycles. The molecule has 1 atom stereocenters. The summed E-state index contributed by atoms with van der Waals surface area (Å²) in [5.74, 6) is 1.78. The molecule has 0 amide bonds. The molecule has 2 aliphatic heterocycles. The summed E-state index contributed by atoms with van der Waals surface area (Å²) in [4.78, 5) is 4.67. The molecule has 9 heteroatoms. The predicted molar refractivity (Wildman–Crippen MR) is 103 cm³/mol. The number of nitrogens with one attached hydrogen (secondary N) is 1. The maximum Gasteiger partial charge on any atom is 0.240 e. The Balaban J connectivity index is 1.50. The van der Waals surface area contributed by atoms with Crippen LogP contribution in [0.4, 0.5) is 0 Å². The molecular weight excluding hydrogens is 382 g/mol. The van der Waals surface area contributed by atoms with Gasteiger partial charge in [-0.3, -0.25) is 4.90 Å². The number of ether oxygens (including phenoxy) is 2. The second-order valence-electron chi connectivity index (χ2n) is 7.03. The lowest BCUT2D eigenvalue weighted by atomic mass is 10.1. The van der Waals surface area contributed by atoms with Crippen molar-refractivity contribution in [1.82, 2.24) is 14.5 Å². The summed E-state index contributed by atoms with van der Waals surface area (Å²) in [6.07, 6.45) is 1.62. The smallest absolute Gasteiger partial charge is 0.240 e. The van der Waals surface area contributed by atoms with Crippen LogP contribution in [0, 0.1) is 0 Å². The minimum absolute atomic E-state index is 0.157. The van der Waals surface area contributed by atoms with Crippen LogP contribution in [0.3, 0.4) is 0 Å².